The van der Waals surface area contributed by atoms with Crippen LogP contribution in [0, 0.1) is 6.92 Å². The number of aryl methyl sites for hydroxylation is 1. The van der Waals surface area contributed by atoms with Gasteiger partial charge in [0.05, 0.1) is 12.8 Å². The van der Waals surface area contributed by atoms with E-state index in [9.17, 15) is 14.4 Å². The summed E-state index contributed by atoms with van der Waals surface area (Å²) in [6.07, 6.45) is 0.103. The molecule has 0 atom stereocenters. The van der Waals surface area contributed by atoms with Crippen molar-refractivity contribution in [3.63, 3.8) is 0 Å². The quantitative estimate of drug-likeness (QED) is 0.206. The molecule has 0 aromatic heterocycles. The zero-order valence-corrected chi connectivity index (χ0v) is 23.1. The van der Waals surface area contributed by atoms with E-state index in [1.807, 2.05) is 43.3 Å². The van der Waals surface area contributed by atoms with Crippen molar-refractivity contribution in [1.29, 1.82) is 0 Å². The maximum Gasteiger partial charge on any atom is 0.330 e. The Morgan fingerprint density at radius 2 is 1.50 bits per heavy atom. The van der Waals surface area contributed by atoms with Crippen LogP contribution in [-0.2, 0) is 9.53 Å². The molecule has 0 aliphatic carbocycles. The molecule has 1 aliphatic rings. The van der Waals surface area contributed by atoms with Gasteiger partial charge in [0, 0.05) is 47.0 Å². The van der Waals surface area contributed by atoms with Crippen LogP contribution in [0.4, 0.5) is 20.2 Å². The highest BCUT2D eigenvalue weighted by Crippen LogP contribution is 2.43. The molecular weight excluding hydrogens is 538 g/mol. The third-order valence-electron chi connectivity index (χ3n) is 7.16. The summed E-state index contributed by atoms with van der Waals surface area (Å²) < 4.78 is 34.9. The molecule has 212 valence electrons. The number of allylic oxidation sites excluding steroid dienone is 1. The summed E-state index contributed by atoms with van der Waals surface area (Å²) >= 11 is 0. The van der Waals surface area contributed by atoms with Gasteiger partial charge >= 0.3 is 5.97 Å². The fraction of sp³-hybridized carbons (Fsp3) is 0.147. The third-order valence-corrected chi connectivity index (χ3v) is 7.16. The lowest BCUT2D eigenvalue weighted by Crippen LogP contribution is -2.33. The number of alkyl halides is 2. The predicted molar refractivity (Wildman–Crippen MR) is 159 cm³/mol. The number of amides is 2. The number of ether oxygens (including phenoxy) is 1. The largest absolute Gasteiger partial charge is 0.466 e. The average molecular weight is 567 g/mol. The molecule has 0 saturated carbocycles. The first-order valence-corrected chi connectivity index (χ1v) is 13.3. The van der Waals surface area contributed by atoms with Gasteiger partial charge in [-0.3, -0.25) is 9.59 Å². The first-order chi connectivity index (χ1) is 20.2. The molecule has 4 aromatic rings. The molecule has 0 spiro atoms. The molecule has 1 heterocycles. The smallest absolute Gasteiger partial charge is 0.330 e. The Bertz CT molecular complexity index is 1680. The van der Waals surface area contributed by atoms with E-state index in [0.717, 1.165) is 29.9 Å². The molecule has 2 amide bonds. The standard InChI is InChI=1S/C34H28F2N2O4/c1-22-11-13-23(14-12-22)26-7-3-4-8-27(26)32(40)37-25-17-15-24(16-18-25)33(41)38-20-19-34(35,36)29(21-31(39)42-2)28-9-5-6-10-30(28)38/h3-18,21H,19-20H2,1-2H3,(H,37,40)/b29-21-. The summed E-state index contributed by atoms with van der Waals surface area (Å²) in [7, 11) is 1.12. The van der Waals surface area contributed by atoms with E-state index < -0.39 is 29.8 Å². The van der Waals surface area contributed by atoms with Gasteiger partial charge in [0.1, 0.15) is 0 Å². The van der Waals surface area contributed by atoms with Crippen molar-refractivity contribution in [2.24, 2.45) is 0 Å². The number of esters is 1. The van der Waals surface area contributed by atoms with Crippen molar-refractivity contribution >= 4 is 34.7 Å². The van der Waals surface area contributed by atoms with E-state index in [1.165, 1.54) is 11.0 Å². The number of benzene rings is 4. The minimum absolute atomic E-state index is 0.0786. The summed E-state index contributed by atoms with van der Waals surface area (Å²) in [5.74, 6) is -5.06. The number of halogens is 2. The molecule has 0 fully saturated rings. The van der Waals surface area contributed by atoms with Crippen LogP contribution >= 0.6 is 0 Å². The van der Waals surface area contributed by atoms with E-state index in [0.29, 0.717) is 11.3 Å². The molecule has 0 saturated heterocycles. The van der Waals surface area contributed by atoms with E-state index in [1.54, 1.807) is 54.6 Å². The zero-order valence-electron chi connectivity index (χ0n) is 23.1. The summed E-state index contributed by atoms with van der Waals surface area (Å²) in [6.45, 7) is 1.73. The predicted octanol–water partition coefficient (Wildman–Crippen LogP) is 7.16. The van der Waals surface area contributed by atoms with Gasteiger partial charge < -0.3 is 15.0 Å². The topological polar surface area (TPSA) is 75.7 Å². The van der Waals surface area contributed by atoms with Gasteiger partial charge in [-0.1, -0.05) is 66.2 Å². The Labute approximate surface area is 242 Å². The lowest BCUT2D eigenvalue weighted by Gasteiger charge is -2.23. The molecule has 42 heavy (non-hydrogen) atoms. The summed E-state index contributed by atoms with van der Waals surface area (Å²) in [6, 6.07) is 27.7. The average Bonchev–Trinajstić information content (AvgIpc) is 3.11. The SMILES string of the molecule is COC(=O)/C=C1/c2ccccc2N(C(=O)c2ccc(NC(=O)c3ccccc3-c3ccc(C)cc3)cc2)CCC1(F)F. The number of nitrogens with zero attached hydrogens (tertiary/aromatic N) is 1. The molecule has 4 aromatic carbocycles. The molecule has 0 unspecified atom stereocenters. The van der Waals surface area contributed by atoms with Crippen LogP contribution in [-0.4, -0.2) is 37.4 Å². The Hall–Kier alpha value is -5.11. The summed E-state index contributed by atoms with van der Waals surface area (Å²) in [5, 5.41) is 2.88. The second-order valence-electron chi connectivity index (χ2n) is 9.95. The second-order valence-corrected chi connectivity index (χ2v) is 9.95. The highest BCUT2D eigenvalue weighted by atomic mass is 19.3. The van der Waals surface area contributed by atoms with Gasteiger partial charge in [0.25, 0.3) is 17.7 Å². The first-order valence-electron chi connectivity index (χ1n) is 13.3. The van der Waals surface area contributed by atoms with Gasteiger partial charge in [-0.05, 0) is 54.4 Å². The molecule has 6 nitrogen and oxygen atoms in total. The summed E-state index contributed by atoms with van der Waals surface area (Å²) in [5.41, 5.74) is 3.90. The number of hydrogen-bond donors (Lipinski definition) is 1. The lowest BCUT2D eigenvalue weighted by molar-refractivity contribution is -0.134. The van der Waals surface area contributed by atoms with Crippen LogP contribution in [0.25, 0.3) is 16.7 Å². The number of anilines is 2. The number of methoxy groups -OCH3 is 1. The number of para-hydroxylation sites is 1. The fourth-order valence-electron chi connectivity index (χ4n) is 4.93. The van der Waals surface area contributed by atoms with E-state index in [4.69, 9.17) is 0 Å². The van der Waals surface area contributed by atoms with Gasteiger partial charge in [0.15, 0.2) is 0 Å². The Balaban J connectivity index is 1.39. The number of carbonyl (C=O) groups is 3. The van der Waals surface area contributed by atoms with Crippen LogP contribution in [0.1, 0.15) is 38.3 Å². The molecule has 1 N–H and O–H groups in total. The van der Waals surface area contributed by atoms with Crippen molar-refractivity contribution < 1.29 is 27.9 Å². The Kier molecular flexibility index (Phi) is 7.97. The van der Waals surface area contributed by atoms with Crippen molar-refractivity contribution in [2.45, 2.75) is 19.3 Å². The van der Waals surface area contributed by atoms with Gasteiger partial charge in [0.2, 0.25) is 0 Å². The monoisotopic (exact) mass is 566 g/mol. The molecular formula is C34H28F2N2O4. The molecule has 5 rings (SSSR count). The molecule has 1 aliphatic heterocycles. The number of carbonyl (C=O) groups excluding carboxylic acids is 3. The van der Waals surface area contributed by atoms with Crippen molar-refractivity contribution in [3.05, 3.63) is 125 Å². The van der Waals surface area contributed by atoms with Crippen molar-refractivity contribution in [3.8, 4) is 11.1 Å². The summed E-state index contributed by atoms with van der Waals surface area (Å²) in [4.78, 5) is 40.0. The van der Waals surface area contributed by atoms with E-state index in [2.05, 4.69) is 10.1 Å². The van der Waals surface area contributed by atoms with Crippen LogP contribution in [0.15, 0.2) is 103 Å². The van der Waals surface area contributed by atoms with Crippen LogP contribution in [0.2, 0.25) is 0 Å². The number of rotatable bonds is 5. The highest BCUT2D eigenvalue weighted by molar-refractivity contribution is 6.10. The molecule has 0 radical (unpaired) electrons. The fourth-order valence-corrected chi connectivity index (χ4v) is 4.93. The van der Waals surface area contributed by atoms with Crippen LogP contribution < -0.4 is 10.2 Å². The van der Waals surface area contributed by atoms with Crippen molar-refractivity contribution in [1.82, 2.24) is 0 Å². The minimum atomic E-state index is -3.36. The number of hydrogen-bond acceptors (Lipinski definition) is 4. The minimum Gasteiger partial charge on any atom is -0.466 e. The molecule has 8 heteroatoms. The van der Waals surface area contributed by atoms with Crippen LogP contribution in [0.5, 0.6) is 0 Å². The normalized spacial score (nSPS) is 15.0. The Morgan fingerprint density at radius 1 is 0.857 bits per heavy atom. The van der Waals surface area contributed by atoms with E-state index in [-0.39, 0.29) is 29.3 Å². The third kappa shape index (κ3) is 5.83. The lowest BCUT2D eigenvalue weighted by atomic mass is 9.97. The van der Waals surface area contributed by atoms with Gasteiger partial charge in [-0.15, -0.1) is 0 Å². The maximum atomic E-state index is 15.2. The first kappa shape index (κ1) is 28.4. The maximum absolute atomic E-state index is 15.2. The highest BCUT2D eigenvalue weighted by Gasteiger charge is 2.41. The molecule has 0 bridgehead atoms. The Morgan fingerprint density at radius 3 is 2.19 bits per heavy atom. The van der Waals surface area contributed by atoms with Crippen molar-refractivity contribution in [2.75, 3.05) is 23.9 Å². The van der Waals surface area contributed by atoms with Gasteiger partial charge in [-0.2, -0.15) is 0 Å². The van der Waals surface area contributed by atoms with Crippen LogP contribution in [0.3, 0.4) is 0 Å². The second kappa shape index (κ2) is 11.8. The zero-order chi connectivity index (χ0) is 29.9. The number of fused-ring (bicyclic) bond motifs is 1. The number of nitrogens with one attached hydrogen (secondary N) is 1. The van der Waals surface area contributed by atoms with E-state index >= 15 is 8.78 Å². The van der Waals surface area contributed by atoms with Gasteiger partial charge in [-0.25, -0.2) is 13.6 Å².